The van der Waals surface area contributed by atoms with Crippen molar-refractivity contribution >= 4 is 11.6 Å². The van der Waals surface area contributed by atoms with Crippen LogP contribution < -0.4 is 16.8 Å². The Morgan fingerprint density at radius 1 is 1.21 bits per heavy atom. The molecule has 0 saturated heterocycles. The van der Waals surface area contributed by atoms with Gasteiger partial charge in [0.1, 0.15) is 0 Å². The van der Waals surface area contributed by atoms with Crippen LogP contribution in [0.4, 0.5) is 5.69 Å². The molecule has 1 aromatic rings. The molecule has 104 valence electrons. The van der Waals surface area contributed by atoms with Crippen molar-refractivity contribution in [3.8, 4) is 0 Å². The maximum absolute atomic E-state index is 12.0. The quantitative estimate of drug-likeness (QED) is 0.717. The van der Waals surface area contributed by atoms with Crippen LogP contribution in [0, 0.1) is 5.92 Å². The number of amides is 1. The van der Waals surface area contributed by atoms with Crippen LogP contribution in [0.25, 0.3) is 0 Å². The molecule has 1 fully saturated rings. The fourth-order valence-electron chi connectivity index (χ4n) is 2.76. The lowest BCUT2D eigenvalue weighted by atomic mass is 9.84. The van der Waals surface area contributed by atoms with Gasteiger partial charge in [0.05, 0.1) is 6.42 Å². The fourth-order valence-corrected chi connectivity index (χ4v) is 2.76. The Morgan fingerprint density at radius 2 is 1.89 bits per heavy atom. The summed E-state index contributed by atoms with van der Waals surface area (Å²) in [7, 11) is 0. The van der Waals surface area contributed by atoms with E-state index < -0.39 is 0 Å². The first-order valence-electron chi connectivity index (χ1n) is 7.03. The molecule has 0 aliphatic heterocycles. The maximum Gasteiger partial charge on any atom is 0.224 e. The average molecular weight is 261 g/mol. The second kappa shape index (κ2) is 6.57. The van der Waals surface area contributed by atoms with Crippen molar-refractivity contribution in [3.63, 3.8) is 0 Å². The van der Waals surface area contributed by atoms with Crippen molar-refractivity contribution in [1.82, 2.24) is 5.32 Å². The highest BCUT2D eigenvalue weighted by atomic mass is 16.1. The van der Waals surface area contributed by atoms with E-state index in [9.17, 15) is 4.79 Å². The van der Waals surface area contributed by atoms with E-state index in [1.807, 2.05) is 24.3 Å². The molecule has 4 heteroatoms. The molecule has 1 saturated carbocycles. The molecule has 0 spiro atoms. The summed E-state index contributed by atoms with van der Waals surface area (Å²) < 4.78 is 0. The molecule has 4 nitrogen and oxygen atoms in total. The Labute approximate surface area is 114 Å². The van der Waals surface area contributed by atoms with E-state index in [0.717, 1.165) is 24.1 Å². The van der Waals surface area contributed by atoms with E-state index in [1.54, 1.807) is 0 Å². The van der Waals surface area contributed by atoms with Crippen molar-refractivity contribution in [1.29, 1.82) is 0 Å². The minimum Gasteiger partial charge on any atom is -0.399 e. The Hall–Kier alpha value is -1.55. The zero-order valence-corrected chi connectivity index (χ0v) is 11.3. The van der Waals surface area contributed by atoms with Gasteiger partial charge >= 0.3 is 0 Å². The number of hydrogen-bond donors (Lipinski definition) is 3. The first-order chi connectivity index (χ1) is 9.19. The number of nitrogens with two attached hydrogens (primary N) is 2. The van der Waals surface area contributed by atoms with Crippen LogP contribution in [0.1, 0.15) is 31.2 Å². The van der Waals surface area contributed by atoms with Crippen LogP contribution in [-0.4, -0.2) is 18.5 Å². The van der Waals surface area contributed by atoms with E-state index in [2.05, 4.69) is 5.32 Å². The summed E-state index contributed by atoms with van der Waals surface area (Å²) in [6.07, 6.45) is 5.00. The van der Waals surface area contributed by atoms with Gasteiger partial charge in [-0.1, -0.05) is 25.0 Å². The lowest BCUT2D eigenvalue weighted by Crippen LogP contribution is -2.45. The number of benzene rings is 1. The van der Waals surface area contributed by atoms with Crippen molar-refractivity contribution in [2.45, 2.75) is 38.1 Å². The monoisotopic (exact) mass is 261 g/mol. The van der Waals surface area contributed by atoms with Gasteiger partial charge in [-0.3, -0.25) is 4.79 Å². The summed E-state index contributed by atoms with van der Waals surface area (Å²) in [5, 5.41) is 3.13. The first kappa shape index (κ1) is 13.9. The van der Waals surface area contributed by atoms with Crippen molar-refractivity contribution < 1.29 is 4.79 Å². The van der Waals surface area contributed by atoms with Gasteiger partial charge in [0, 0.05) is 11.7 Å². The minimum atomic E-state index is 0.0788. The van der Waals surface area contributed by atoms with Gasteiger partial charge in [0.25, 0.3) is 0 Å². The van der Waals surface area contributed by atoms with Gasteiger partial charge in [0.2, 0.25) is 5.91 Å². The zero-order valence-electron chi connectivity index (χ0n) is 11.3. The third-order valence-electron chi connectivity index (χ3n) is 3.90. The Kier molecular flexibility index (Phi) is 4.80. The minimum absolute atomic E-state index is 0.0788. The molecule has 0 aromatic heterocycles. The number of nitrogen functional groups attached to an aromatic ring is 1. The third-order valence-corrected chi connectivity index (χ3v) is 3.90. The van der Waals surface area contributed by atoms with Gasteiger partial charge in [-0.15, -0.1) is 0 Å². The summed E-state index contributed by atoms with van der Waals surface area (Å²) in [5.74, 6) is 0.513. The molecular weight excluding hydrogens is 238 g/mol. The van der Waals surface area contributed by atoms with Gasteiger partial charge < -0.3 is 16.8 Å². The molecule has 2 atom stereocenters. The summed E-state index contributed by atoms with van der Waals surface area (Å²) in [6, 6.07) is 7.70. The molecular formula is C15H23N3O. The first-order valence-corrected chi connectivity index (χ1v) is 7.03. The van der Waals surface area contributed by atoms with Crippen LogP contribution in [0.2, 0.25) is 0 Å². The molecule has 1 amide bonds. The highest BCUT2D eigenvalue weighted by Gasteiger charge is 2.25. The largest absolute Gasteiger partial charge is 0.399 e. The van der Waals surface area contributed by atoms with Crippen LogP contribution in [-0.2, 0) is 11.2 Å². The van der Waals surface area contributed by atoms with E-state index in [1.165, 1.54) is 12.8 Å². The predicted octanol–water partition coefficient (Wildman–Crippen LogP) is 1.44. The Morgan fingerprint density at radius 3 is 2.58 bits per heavy atom. The summed E-state index contributed by atoms with van der Waals surface area (Å²) in [6.45, 7) is 0.660. The molecule has 19 heavy (non-hydrogen) atoms. The van der Waals surface area contributed by atoms with Gasteiger partial charge in [-0.05, 0) is 43.0 Å². The number of carbonyl (C=O) groups excluding carboxylic acids is 1. The standard InChI is InChI=1S/C15H23N3O/c16-10-12-3-1-2-4-14(12)18-15(19)9-11-5-7-13(17)8-6-11/h5-8,12,14H,1-4,9-10,16-17H2,(H,18,19). The molecule has 0 heterocycles. The highest BCUT2D eigenvalue weighted by molar-refractivity contribution is 5.79. The van der Waals surface area contributed by atoms with Crippen molar-refractivity contribution in [3.05, 3.63) is 29.8 Å². The van der Waals surface area contributed by atoms with Crippen LogP contribution in [0.3, 0.4) is 0 Å². The van der Waals surface area contributed by atoms with E-state index in [4.69, 9.17) is 11.5 Å². The molecule has 1 aliphatic carbocycles. The molecule has 5 N–H and O–H groups in total. The number of anilines is 1. The number of carbonyl (C=O) groups is 1. The second-order valence-electron chi connectivity index (χ2n) is 5.37. The average Bonchev–Trinajstić information content (AvgIpc) is 2.42. The molecule has 0 radical (unpaired) electrons. The zero-order chi connectivity index (χ0) is 13.7. The van der Waals surface area contributed by atoms with Crippen molar-refractivity contribution in [2.75, 3.05) is 12.3 Å². The van der Waals surface area contributed by atoms with Gasteiger partial charge in [-0.25, -0.2) is 0 Å². The van der Waals surface area contributed by atoms with Crippen molar-refractivity contribution in [2.24, 2.45) is 11.7 Å². The van der Waals surface area contributed by atoms with E-state index >= 15 is 0 Å². The van der Waals surface area contributed by atoms with E-state index in [0.29, 0.717) is 18.9 Å². The molecule has 0 bridgehead atoms. The molecule has 1 aliphatic rings. The molecule has 2 rings (SSSR count). The van der Waals surface area contributed by atoms with Gasteiger partial charge in [0.15, 0.2) is 0 Å². The van der Waals surface area contributed by atoms with Crippen LogP contribution >= 0.6 is 0 Å². The lowest BCUT2D eigenvalue weighted by molar-refractivity contribution is -0.121. The summed E-state index contributed by atoms with van der Waals surface area (Å²) in [4.78, 5) is 12.0. The maximum atomic E-state index is 12.0. The van der Waals surface area contributed by atoms with Gasteiger partial charge in [-0.2, -0.15) is 0 Å². The summed E-state index contributed by atoms with van der Waals surface area (Å²) >= 11 is 0. The smallest absolute Gasteiger partial charge is 0.224 e. The number of rotatable bonds is 4. The van der Waals surface area contributed by atoms with Crippen LogP contribution in [0.5, 0.6) is 0 Å². The molecule has 2 unspecified atom stereocenters. The fraction of sp³-hybridized carbons (Fsp3) is 0.533. The van der Waals surface area contributed by atoms with E-state index in [-0.39, 0.29) is 11.9 Å². The molecule has 1 aromatic carbocycles. The Balaban J connectivity index is 1.88. The second-order valence-corrected chi connectivity index (χ2v) is 5.37. The summed E-state index contributed by atoms with van der Waals surface area (Å²) in [5.41, 5.74) is 13.1. The third kappa shape index (κ3) is 3.96. The normalized spacial score (nSPS) is 23.0. The number of nitrogens with one attached hydrogen (secondary N) is 1. The SMILES string of the molecule is NCC1CCCCC1NC(=O)Cc1ccc(N)cc1. The predicted molar refractivity (Wildman–Crippen MR) is 77.5 cm³/mol. The number of hydrogen-bond acceptors (Lipinski definition) is 3. The Bertz CT molecular complexity index is 416. The lowest BCUT2D eigenvalue weighted by Gasteiger charge is -2.31. The topological polar surface area (TPSA) is 81.1 Å². The highest BCUT2D eigenvalue weighted by Crippen LogP contribution is 2.23. The van der Waals surface area contributed by atoms with Crippen LogP contribution in [0.15, 0.2) is 24.3 Å².